The zero-order valence-corrected chi connectivity index (χ0v) is 22.2. The van der Waals surface area contributed by atoms with Gasteiger partial charge in [0, 0.05) is 5.56 Å². The molecule has 3 aromatic carbocycles. The van der Waals surface area contributed by atoms with Crippen LogP contribution in [0, 0.1) is 0 Å². The van der Waals surface area contributed by atoms with E-state index in [0.717, 1.165) is 24.3 Å². The monoisotopic (exact) mass is 494 g/mol. The number of ether oxygens (including phenoxy) is 1. The number of hydrogen-bond acceptors (Lipinski definition) is 2. The SMILES string of the molecule is C=Cc1ccc(CCCCCCCCCCCCOc2ccc(/C=C/C(=O)c3ccccc3)cc2)cc1. The summed E-state index contributed by atoms with van der Waals surface area (Å²) < 4.78 is 5.89. The molecule has 0 N–H and O–H groups in total. The van der Waals surface area contributed by atoms with Gasteiger partial charge in [-0.3, -0.25) is 4.79 Å². The van der Waals surface area contributed by atoms with Crippen molar-refractivity contribution in [1.82, 2.24) is 0 Å². The van der Waals surface area contributed by atoms with Gasteiger partial charge in [0.2, 0.25) is 0 Å². The molecule has 194 valence electrons. The zero-order chi connectivity index (χ0) is 26.0. The first kappa shape index (κ1) is 28.2. The summed E-state index contributed by atoms with van der Waals surface area (Å²) in [5.74, 6) is 0.906. The number of benzene rings is 3. The standard InChI is InChI=1S/C35H42O2/c1-2-30-19-21-31(22-20-30)16-12-9-7-5-3-4-6-8-10-15-29-37-34-26-23-32(24-27-34)25-28-35(36)33-17-13-11-14-18-33/h2,11,13-14,17-28H,1,3-10,12,15-16,29H2/b28-25+. The second-order valence-electron chi connectivity index (χ2n) is 9.71. The highest BCUT2D eigenvalue weighted by Gasteiger charge is 2.00. The van der Waals surface area contributed by atoms with Crippen molar-refractivity contribution < 1.29 is 9.53 Å². The largest absolute Gasteiger partial charge is 0.494 e. The van der Waals surface area contributed by atoms with E-state index in [0.29, 0.717) is 5.56 Å². The van der Waals surface area contributed by atoms with E-state index in [1.165, 1.54) is 75.3 Å². The van der Waals surface area contributed by atoms with Crippen LogP contribution >= 0.6 is 0 Å². The van der Waals surface area contributed by atoms with Crippen molar-refractivity contribution in [1.29, 1.82) is 0 Å². The number of carbonyl (C=O) groups excluding carboxylic acids is 1. The molecule has 0 saturated heterocycles. The van der Waals surface area contributed by atoms with Crippen LogP contribution in [0.15, 0.2) is 91.5 Å². The Morgan fingerprint density at radius 3 is 1.84 bits per heavy atom. The molecule has 0 heterocycles. The molecule has 37 heavy (non-hydrogen) atoms. The minimum Gasteiger partial charge on any atom is -0.494 e. The van der Waals surface area contributed by atoms with Gasteiger partial charge >= 0.3 is 0 Å². The molecular weight excluding hydrogens is 452 g/mol. The predicted octanol–water partition coefficient (Wildman–Crippen LogP) is 9.75. The molecule has 0 aliphatic rings. The molecule has 0 atom stereocenters. The summed E-state index contributed by atoms with van der Waals surface area (Å²) in [7, 11) is 0. The average Bonchev–Trinajstić information content (AvgIpc) is 2.95. The minimum absolute atomic E-state index is 0.0164. The Hall–Kier alpha value is -3.39. The van der Waals surface area contributed by atoms with E-state index in [9.17, 15) is 4.79 Å². The van der Waals surface area contributed by atoms with Gasteiger partial charge in [0.1, 0.15) is 5.75 Å². The Morgan fingerprint density at radius 2 is 1.22 bits per heavy atom. The molecule has 3 aromatic rings. The van der Waals surface area contributed by atoms with Crippen molar-refractivity contribution in [2.75, 3.05) is 6.61 Å². The maximum Gasteiger partial charge on any atom is 0.185 e. The molecule has 2 nitrogen and oxygen atoms in total. The Balaban J connectivity index is 1.14. The maximum atomic E-state index is 12.2. The molecule has 0 unspecified atom stereocenters. The lowest BCUT2D eigenvalue weighted by molar-refractivity contribution is 0.104. The molecule has 3 rings (SSSR count). The third-order valence-corrected chi connectivity index (χ3v) is 6.71. The summed E-state index contributed by atoms with van der Waals surface area (Å²) in [5.41, 5.74) is 4.34. The van der Waals surface area contributed by atoms with Crippen LogP contribution in [-0.2, 0) is 6.42 Å². The Morgan fingerprint density at radius 1 is 0.649 bits per heavy atom. The van der Waals surface area contributed by atoms with E-state index in [-0.39, 0.29) is 5.78 Å². The highest BCUT2D eigenvalue weighted by molar-refractivity contribution is 6.06. The van der Waals surface area contributed by atoms with Crippen molar-refractivity contribution >= 4 is 17.9 Å². The molecule has 0 aromatic heterocycles. The average molecular weight is 495 g/mol. The summed E-state index contributed by atoms with van der Waals surface area (Å²) in [5, 5.41) is 0. The summed E-state index contributed by atoms with van der Waals surface area (Å²) in [6, 6.07) is 26.0. The van der Waals surface area contributed by atoms with Gasteiger partial charge in [0.15, 0.2) is 5.78 Å². The summed E-state index contributed by atoms with van der Waals surface area (Å²) in [4.78, 5) is 12.2. The minimum atomic E-state index is 0.0164. The third-order valence-electron chi connectivity index (χ3n) is 6.71. The van der Waals surface area contributed by atoms with Gasteiger partial charge in [0.05, 0.1) is 6.61 Å². The van der Waals surface area contributed by atoms with Crippen molar-refractivity contribution in [3.63, 3.8) is 0 Å². The number of ketones is 1. The Kier molecular flexibility index (Phi) is 13.1. The van der Waals surface area contributed by atoms with Gasteiger partial charge in [-0.2, -0.15) is 0 Å². The smallest absolute Gasteiger partial charge is 0.185 e. The first-order valence-corrected chi connectivity index (χ1v) is 14.0. The van der Waals surface area contributed by atoms with Crippen LogP contribution in [0.4, 0.5) is 0 Å². The van der Waals surface area contributed by atoms with Crippen LogP contribution < -0.4 is 4.74 Å². The van der Waals surface area contributed by atoms with E-state index in [2.05, 4.69) is 30.8 Å². The van der Waals surface area contributed by atoms with Gasteiger partial charge < -0.3 is 4.74 Å². The van der Waals surface area contributed by atoms with E-state index >= 15 is 0 Å². The van der Waals surface area contributed by atoms with Crippen LogP contribution in [-0.4, -0.2) is 12.4 Å². The molecular formula is C35H42O2. The van der Waals surface area contributed by atoms with Gasteiger partial charge in [-0.15, -0.1) is 0 Å². The molecule has 0 fully saturated rings. The topological polar surface area (TPSA) is 26.3 Å². The third kappa shape index (κ3) is 11.5. The number of rotatable bonds is 18. The van der Waals surface area contributed by atoms with Crippen molar-refractivity contribution in [3.8, 4) is 5.75 Å². The molecule has 0 spiro atoms. The van der Waals surface area contributed by atoms with Gasteiger partial charge in [-0.25, -0.2) is 0 Å². The number of carbonyl (C=O) groups is 1. The number of allylic oxidation sites excluding steroid dienone is 1. The quantitative estimate of drug-likeness (QED) is 0.0999. The normalized spacial score (nSPS) is 11.0. The fraction of sp³-hybridized carbons (Fsp3) is 0.343. The molecule has 2 heteroatoms. The fourth-order valence-corrected chi connectivity index (χ4v) is 4.40. The Bertz CT molecular complexity index is 1060. The van der Waals surface area contributed by atoms with E-state index in [4.69, 9.17) is 4.74 Å². The predicted molar refractivity (Wildman–Crippen MR) is 158 cm³/mol. The number of aryl methyl sites for hydroxylation is 1. The number of hydrogen-bond donors (Lipinski definition) is 0. The van der Waals surface area contributed by atoms with Crippen LogP contribution in [0.25, 0.3) is 12.2 Å². The first-order valence-electron chi connectivity index (χ1n) is 14.0. The molecule has 0 bridgehead atoms. The second-order valence-corrected chi connectivity index (χ2v) is 9.71. The lowest BCUT2D eigenvalue weighted by Gasteiger charge is -2.07. The first-order chi connectivity index (χ1) is 18.2. The summed E-state index contributed by atoms with van der Waals surface area (Å²) in [6.45, 7) is 4.57. The summed E-state index contributed by atoms with van der Waals surface area (Å²) >= 11 is 0. The van der Waals surface area contributed by atoms with E-state index < -0.39 is 0 Å². The van der Waals surface area contributed by atoms with Gasteiger partial charge in [-0.1, -0.05) is 137 Å². The molecule has 0 saturated carbocycles. The van der Waals surface area contributed by atoms with Crippen LogP contribution in [0.5, 0.6) is 5.75 Å². The lowest BCUT2D eigenvalue weighted by Crippen LogP contribution is -1.97. The molecule has 0 amide bonds. The van der Waals surface area contributed by atoms with Crippen molar-refractivity contribution in [2.24, 2.45) is 0 Å². The van der Waals surface area contributed by atoms with Crippen molar-refractivity contribution in [3.05, 3.63) is 114 Å². The fourth-order valence-electron chi connectivity index (χ4n) is 4.40. The van der Waals surface area contributed by atoms with Crippen LogP contribution in [0.3, 0.4) is 0 Å². The van der Waals surface area contributed by atoms with Gasteiger partial charge in [-0.05, 0) is 54.2 Å². The van der Waals surface area contributed by atoms with E-state index in [1.807, 2.05) is 66.7 Å². The molecule has 0 radical (unpaired) electrons. The molecule has 0 aliphatic carbocycles. The van der Waals surface area contributed by atoms with Crippen molar-refractivity contribution in [2.45, 2.75) is 70.6 Å². The number of unbranched alkanes of at least 4 members (excludes halogenated alkanes) is 9. The van der Waals surface area contributed by atoms with E-state index in [1.54, 1.807) is 6.08 Å². The highest BCUT2D eigenvalue weighted by atomic mass is 16.5. The summed E-state index contributed by atoms with van der Waals surface area (Å²) in [6.07, 6.45) is 19.6. The maximum absolute atomic E-state index is 12.2. The van der Waals surface area contributed by atoms with Crippen LogP contribution in [0.2, 0.25) is 0 Å². The van der Waals surface area contributed by atoms with Gasteiger partial charge in [0.25, 0.3) is 0 Å². The molecule has 0 aliphatic heterocycles. The zero-order valence-electron chi connectivity index (χ0n) is 22.2. The Labute approximate surface area is 224 Å². The lowest BCUT2D eigenvalue weighted by atomic mass is 10.0. The van der Waals surface area contributed by atoms with Crippen LogP contribution in [0.1, 0.15) is 91.3 Å². The highest BCUT2D eigenvalue weighted by Crippen LogP contribution is 2.16. The second kappa shape index (κ2) is 17.1.